The Labute approximate surface area is 232 Å². The molecule has 1 aliphatic rings. The first kappa shape index (κ1) is 27.3. The van der Waals surface area contributed by atoms with Gasteiger partial charge in [0.15, 0.2) is 0 Å². The Morgan fingerprint density at radius 1 is 0.892 bits per heavy atom. The third-order valence-electron chi connectivity index (χ3n) is 6.86. The molecule has 0 N–H and O–H groups in total. The van der Waals surface area contributed by atoms with E-state index in [-0.39, 0.29) is 11.8 Å². The van der Waals surface area contributed by atoms with Gasteiger partial charge in [0.1, 0.15) is 5.75 Å². The third-order valence-corrected chi connectivity index (χ3v) is 7.74. The Kier molecular flexibility index (Phi) is 9.01. The minimum atomic E-state index is -0.428. The number of amides is 2. The maximum absolute atomic E-state index is 13.3. The molecule has 0 saturated carbocycles. The summed E-state index contributed by atoms with van der Waals surface area (Å²) in [7, 11) is 1.82. The van der Waals surface area contributed by atoms with Crippen LogP contribution in [-0.4, -0.2) is 48.4 Å². The molecule has 1 aliphatic heterocycles. The van der Waals surface area contributed by atoms with Gasteiger partial charge in [0, 0.05) is 43.5 Å². The van der Waals surface area contributed by atoms with Crippen LogP contribution in [-0.2, 0) is 11.3 Å². The monoisotopic (exact) mass is 558 g/mol. The number of halogens is 3. The van der Waals surface area contributed by atoms with Crippen molar-refractivity contribution in [2.24, 2.45) is 5.41 Å². The molecule has 0 unspecified atom stereocenters. The van der Waals surface area contributed by atoms with Crippen molar-refractivity contribution in [3.63, 3.8) is 0 Å². The molecule has 5 nitrogen and oxygen atoms in total. The van der Waals surface area contributed by atoms with Crippen molar-refractivity contribution in [1.82, 2.24) is 9.80 Å². The van der Waals surface area contributed by atoms with E-state index in [1.54, 1.807) is 40.1 Å². The molecular formula is C29H29Cl3N2O3. The topological polar surface area (TPSA) is 49.9 Å². The quantitative estimate of drug-likeness (QED) is 0.299. The molecule has 1 heterocycles. The number of piperidine rings is 1. The number of carbonyl (C=O) groups is 2. The molecule has 0 bridgehead atoms. The van der Waals surface area contributed by atoms with Crippen molar-refractivity contribution in [1.29, 1.82) is 0 Å². The number of nitrogens with zero attached hydrogens (tertiary/aromatic N) is 2. The Morgan fingerprint density at radius 2 is 1.51 bits per heavy atom. The molecule has 1 saturated heterocycles. The van der Waals surface area contributed by atoms with Gasteiger partial charge >= 0.3 is 0 Å². The highest BCUT2D eigenvalue weighted by Gasteiger charge is 2.40. The number of likely N-dealkylation sites (tertiary alicyclic amines) is 1. The minimum Gasteiger partial charge on any atom is -0.493 e. The lowest BCUT2D eigenvalue weighted by Crippen LogP contribution is -2.47. The van der Waals surface area contributed by atoms with Crippen LogP contribution in [0.15, 0.2) is 72.8 Å². The first-order valence-corrected chi connectivity index (χ1v) is 13.3. The van der Waals surface area contributed by atoms with Gasteiger partial charge in [-0.15, -0.1) is 0 Å². The molecule has 4 rings (SSSR count). The summed E-state index contributed by atoms with van der Waals surface area (Å²) in [5.74, 6) is 0.531. The number of rotatable bonds is 8. The molecule has 3 aromatic carbocycles. The van der Waals surface area contributed by atoms with Crippen molar-refractivity contribution >= 4 is 46.6 Å². The van der Waals surface area contributed by atoms with Crippen LogP contribution in [0.4, 0.5) is 0 Å². The van der Waals surface area contributed by atoms with Crippen LogP contribution in [0.25, 0.3) is 0 Å². The van der Waals surface area contributed by atoms with Crippen LogP contribution in [0.1, 0.15) is 35.2 Å². The lowest BCUT2D eigenvalue weighted by atomic mass is 9.75. The smallest absolute Gasteiger partial charge is 0.256 e. The summed E-state index contributed by atoms with van der Waals surface area (Å²) in [6.45, 7) is 1.83. The molecule has 0 radical (unpaired) electrons. The molecule has 1 fully saturated rings. The zero-order valence-electron chi connectivity index (χ0n) is 20.6. The lowest BCUT2D eigenvalue weighted by Gasteiger charge is -2.42. The first-order chi connectivity index (χ1) is 17.8. The predicted octanol–water partition coefficient (Wildman–Crippen LogP) is 7.00. The average Bonchev–Trinajstić information content (AvgIpc) is 2.89. The van der Waals surface area contributed by atoms with E-state index in [4.69, 9.17) is 39.5 Å². The molecule has 2 amide bonds. The second-order valence-corrected chi connectivity index (χ2v) is 10.8. The fourth-order valence-corrected chi connectivity index (χ4v) is 5.27. The summed E-state index contributed by atoms with van der Waals surface area (Å²) < 4.78 is 6.15. The molecule has 194 valence electrons. The Bertz CT molecular complexity index is 1210. The maximum atomic E-state index is 13.3. The Hall–Kier alpha value is -2.73. The summed E-state index contributed by atoms with van der Waals surface area (Å²) in [6.07, 6.45) is 1.54. The standard InChI is InChI=1S/C29H29Cl3N2O3/c1-33(19-21-6-3-2-4-7-21)26(35)18-29(20-37-23-12-10-22(30)11-13-23)14-16-34(17-15-29)28(36)27-24(31)8-5-9-25(27)32/h2-13H,14-20H2,1H3. The van der Waals surface area contributed by atoms with Gasteiger partial charge in [-0.25, -0.2) is 0 Å². The van der Waals surface area contributed by atoms with Gasteiger partial charge in [-0.2, -0.15) is 0 Å². The summed E-state index contributed by atoms with van der Waals surface area (Å²) in [5.41, 5.74) is 0.958. The largest absolute Gasteiger partial charge is 0.493 e. The average molecular weight is 560 g/mol. The highest BCUT2D eigenvalue weighted by molar-refractivity contribution is 6.39. The zero-order valence-corrected chi connectivity index (χ0v) is 22.9. The molecule has 0 atom stereocenters. The van der Waals surface area contributed by atoms with Crippen LogP contribution in [0.3, 0.4) is 0 Å². The van der Waals surface area contributed by atoms with Crippen molar-refractivity contribution < 1.29 is 14.3 Å². The van der Waals surface area contributed by atoms with Crippen LogP contribution in [0.2, 0.25) is 15.1 Å². The van der Waals surface area contributed by atoms with E-state index in [1.165, 1.54) is 0 Å². The number of ether oxygens (including phenoxy) is 1. The van der Waals surface area contributed by atoms with E-state index in [1.807, 2.05) is 49.5 Å². The van der Waals surface area contributed by atoms with Crippen molar-refractivity contribution in [2.45, 2.75) is 25.8 Å². The SMILES string of the molecule is CN(Cc1ccccc1)C(=O)CC1(COc2ccc(Cl)cc2)CCN(C(=O)c2c(Cl)cccc2Cl)CC1. The van der Waals surface area contributed by atoms with E-state index in [0.29, 0.717) is 71.9 Å². The van der Waals surface area contributed by atoms with Gasteiger partial charge in [-0.3, -0.25) is 9.59 Å². The highest BCUT2D eigenvalue weighted by Crippen LogP contribution is 2.38. The lowest BCUT2D eigenvalue weighted by molar-refractivity contribution is -0.134. The van der Waals surface area contributed by atoms with E-state index >= 15 is 0 Å². The summed E-state index contributed by atoms with van der Waals surface area (Å²) in [4.78, 5) is 30.1. The number of hydrogen-bond donors (Lipinski definition) is 0. The number of benzene rings is 3. The fraction of sp³-hybridized carbons (Fsp3) is 0.310. The van der Waals surface area contributed by atoms with Gasteiger partial charge in [0.25, 0.3) is 5.91 Å². The molecule has 37 heavy (non-hydrogen) atoms. The highest BCUT2D eigenvalue weighted by atomic mass is 35.5. The fourth-order valence-electron chi connectivity index (χ4n) is 4.59. The number of hydrogen-bond acceptors (Lipinski definition) is 3. The van der Waals surface area contributed by atoms with Gasteiger partial charge in [-0.1, -0.05) is 71.2 Å². The minimum absolute atomic E-state index is 0.0393. The molecule has 3 aromatic rings. The van der Waals surface area contributed by atoms with Gasteiger partial charge in [0.05, 0.1) is 22.2 Å². The summed E-state index contributed by atoms with van der Waals surface area (Å²) in [6, 6.07) is 22.1. The van der Waals surface area contributed by atoms with Gasteiger partial charge < -0.3 is 14.5 Å². The van der Waals surface area contributed by atoms with E-state index < -0.39 is 5.41 Å². The zero-order chi connectivity index (χ0) is 26.4. The van der Waals surface area contributed by atoms with Crippen molar-refractivity contribution in [3.05, 3.63) is 99.0 Å². The van der Waals surface area contributed by atoms with E-state index in [2.05, 4.69) is 0 Å². The second kappa shape index (κ2) is 12.2. The van der Waals surface area contributed by atoms with E-state index in [0.717, 1.165) is 5.56 Å². The van der Waals surface area contributed by atoms with Gasteiger partial charge in [0.2, 0.25) is 5.91 Å². The first-order valence-electron chi connectivity index (χ1n) is 12.2. The van der Waals surface area contributed by atoms with E-state index in [9.17, 15) is 9.59 Å². The van der Waals surface area contributed by atoms with Gasteiger partial charge in [-0.05, 0) is 54.8 Å². The van der Waals surface area contributed by atoms with Crippen LogP contribution in [0.5, 0.6) is 5.75 Å². The normalized spacial score (nSPS) is 14.8. The van der Waals surface area contributed by atoms with Crippen molar-refractivity contribution in [2.75, 3.05) is 26.7 Å². The molecule has 0 spiro atoms. The molecular weight excluding hydrogens is 531 g/mol. The third kappa shape index (κ3) is 6.98. The van der Waals surface area contributed by atoms with Crippen molar-refractivity contribution in [3.8, 4) is 5.75 Å². The predicted molar refractivity (Wildman–Crippen MR) is 149 cm³/mol. The van der Waals surface area contributed by atoms with Crippen LogP contribution in [0, 0.1) is 5.41 Å². The van der Waals surface area contributed by atoms with Crippen LogP contribution >= 0.6 is 34.8 Å². The number of carbonyl (C=O) groups excluding carboxylic acids is 2. The summed E-state index contributed by atoms with van der Waals surface area (Å²) in [5, 5.41) is 1.29. The second-order valence-electron chi connectivity index (χ2n) is 9.54. The maximum Gasteiger partial charge on any atom is 0.256 e. The Balaban J connectivity index is 1.48. The Morgan fingerprint density at radius 3 is 2.14 bits per heavy atom. The van der Waals surface area contributed by atoms with Crippen LogP contribution < -0.4 is 4.74 Å². The molecule has 0 aromatic heterocycles. The summed E-state index contributed by atoms with van der Waals surface area (Å²) >= 11 is 18.6. The molecule has 8 heteroatoms. The molecule has 0 aliphatic carbocycles.